The van der Waals surface area contributed by atoms with Gasteiger partial charge in [-0.1, -0.05) is 18.2 Å². The average Bonchev–Trinajstić information content (AvgIpc) is 3.00. The molecule has 1 fully saturated rings. The average molecular weight is 581 g/mol. The highest BCUT2D eigenvalue weighted by molar-refractivity contribution is 5.88. The second kappa shape index (κ2) is 15.9. The van der Waals surface area contributed by atoms with E-state index in [2.05, 4.69) is 10.6 Å². The molecule has 0 aliphatic carbocycles. The van der Waals surface area contributed by atoms with Gasteiger partial charge in [-0.05, 0) is 43.2 Å². The van der Waals surface area contributed by atoms with Gasteiger partial charge in [0.2, 0.25) is 5.91 Å². The lowest BCUT2D eigenvalue weighted by Crippen LogP contribution is -2.44. The molecular formula is C30H37FN6O5. The van der Waals surface area contributed by atoms with Crippen LogP contribution in [0.25, 0.3) is 11.3 Å². The molecule has 3 aromatic rings. The number of nitrogens with zero attached hydrogens (tertiary/aromatic N) is 3. The van der Waals surface area contributed by atoms with Crippen molar-refractivity contribution in [1.29, 1.82) is 0 Å². The summed E-state index contributed by atoms with van der Waals surface area (Å²) < 4.78 is 24.6. The maximum absolute atomic E-state index is 13.8. The molecule has 1 aliphatic heterocycles. The number of carboxylic acid groups (broad SMARTS) is 1. The number of anilines is 2. The Labute approximate surface area is 244 Å². The number of benzene rings is 2. The fraction of sp³-hybridized carbons (Fsp3) is 0.400. The molecule has 2 heterocycles. The van der Waals surface area contributed by atoms with Gasteiger partial charge in [0.05, 0.1) is 44.2 Å². The van der Waals surface area contributed by atoms with Gasteiger partial charge in [0.15, 0.2) is 0 Å². The first-order chi connectivity index (χ1) is 20.4. The number of piperidine rings is 1. The summed E-state index contributed by atoms with van der Waals surface area (Å²) in [5.74, 6) is -0.474. The Hall–Kier alpha value is -3.97. The number of likely N-dealkylation sites (tertiary alicyclic amines) is 1. The van der Waals surface area contributed by atoms with Crippen LogP contribution >= 0.6 is 0 Å². The van der Waals surface area contributed by atoms with Crippen molar-refractivity contribution < 1.29 is 28.6 Å². The zero-order valence-electron chi connectivity index (χ0n) is 23.4. The summed E-state index contributed by atoms with van der Waals surface area (Å²) in [4.78, 5) is 35.7. The molecule has 1 aromatic heterocycles. The molecule has 0 spiro atoms. The minimum absolute atomic E-state index is 0.00972. The van der Waals surface area contributed by atoms with Crippen molar-refractivity contribution in [2.45, 2.75) is 18.8 Å². The van der Waals surface area contributed by atoms with Crippen LogP contribution in [0.5, 0.6) is 0 Å². The van der Waals surface area contributed by atoms with E-state index in [1.807, 2.05) is 4.90 Å². The zero-order valence-corrected chi connectivity index (χ0v) is 23.4. The maximum Gasteiger partial charge on any atom is 0.335 e. The topological polar surface area (TPSA) is 152 Å². The minimum Gasteiger partial charge on any atom is -0.478 e. The van der Waals surface area contributed by atoms with Gasteiger partial charge in [-0.3, -0.25) is 4.79 Å². The first-order valence-electron chi connectivity index (χ1n) is 14.0. The molecule has 0 radical (unpaired) electrons. The summed E-state index contributed by atoms with van der Waals surface area (Å²) in [6, 6.07) is 14.3. The van der Waals surface area contributed by atoms with E-state index in [0.717, 1.165) is 12.8 Å². The van der Waals surface area contributed by atoms with Crippen LogP contribution in [0.3, 0.4) is 0 Å². The van der Waals surface area contributed by atoms with Crippen LogP contribution in [-0.2, 0) is 14.3 Å². The number of hydrogen-bond donors (Lipinski definition) is 4. The quantitative estimate of drug-likeness (QED) is 0.197. The standard InChI is InChI=1S/C30H37FN6O5/c31-24-4-1-5-25(17-24)34-27-18-26(21-6-8-22(9-7-21)30(39)40)35-29(36-27)23-3-2-12-37(20-23)28(38)19-33-11-14-42-16-15-41-13-10-32/h1,4-9,17-18,23,33H,2-3,10-16,19-20,32H2,(H,39,40)(H,34,35,36). The maximum atomic E-state index is 13.8. The number of carboxylic acids is 1. The van der Waals surface area contributed by atoms with E-state index >= 15 is 0 Å². The Kier molecular flexibility index (Phi) is 11.7. The van der Waals surface area contributed by atoms with E-state index in [0.29, 0.717) is 81.2 Å². The smallest absolute Gasteiger partial charge is 0.335 e. The number of rotatable bonds is 15. The summed E-state index contributed by atoms with van der Waals surface area (Å²) in [7, 11) is 0. The Morgan fingerprint density at radius 1 is 1.05 bits per heavy atom. The van der Waals surface area contributed by atoms with Crippen LogP contribution in [0.1, 0.15) is 34.9 Å². The first-order valence-corrected chi connectivity index (χ1v) is 14.0. The predicted octanol–water partition coefficient (Wildman–Crippen LogP) is 3.01. The molecule has 2 aromatic carbocycles. The summed E-state index contributed by atoms with van der Waals surface area (Å²) in [6.45, 7) is 4.28. The van der Waals surface area contributed by atoms with Gasteiger partial charge in [-0.25, -0.2) is 19.2 Å². The number of nitrogens with two attached hydrogens (primary N) is 1. The van der Waals surface area contributed by atoms with Gasteiger partial charge in [-0.2, -0.15) is 0 Å². The lowest BCUT2D eigenvalue weighted by molar-refractivity contribution is -0.131. The summed E-state index contributed by atoms with van der Waals surface area (Å²) in [6.07, 6.45) is 1.61. The lowest BCUT2D eigenvalue weighted by Gasteiger charge is -2.32. The first kappa shape index (κ1) is 31.0. The molecule has 1 aliphatic rings. The lowest BCUT2D eigenvalue weighted by atomic mass is 9.96. The third-order valence-electron chi connectivity index (χ3n) is 6.74. The Morgan fingerprint density at radius 2 is 1.83 bits per heavy atom. The fourth-order valence-corrected chi connectivity index (χ4v) is 4.63. The van der Waals surface area contributed by atoms with E-state index in [1.54, 1.807) is 30.3 Å². The predicted molar refractivity (Wildman–Crippen MR) is 156 cm³/mol. The van der Waals surface area contributed by atoms with Crippen LogP contribution in [-0.4, -0.2) is 91.0 Å². The zero-order chi connectivity index (χ0) is 29.7. The SMILES string of the molecule is NCCOCCOCCNCC(=O)N1CCCC(c2nc(Nc3cccc(F)c3)cc(-c3ccc(C(=O)O)cc3)n2)C1. The van der Waals surface area contributed by atoms with Crippen molar-refractivity contribution in [2.24, 2.45) is 5.73 Å². The van der Waals surface area contributed by atoms with E-state index in [1.165, 1.54) is 24.3 Å². The molecule has 0 bridgehead atoms. The monoisotopic (exact) mass is 580 g/mol. The number of aromatic nitrogens is 2. The van der Waals surface area contributed by atoms with Gasteiger partial charge in [0.25, 0.3) is 0 Å². The third kappa shape index (κ3) is 9.28. The van der Waals surface area contributed by atoms with Crippen LogP contribution in [0, 0.1) is 5.82 Å². The van der Waals surface area contributed by atoms with E-state index < -0.39 is 5.97 Å². The Balaban J connectivity index is 1.42. The Bertz CT molecular complexity index is 1330. The summed E-state index contributed by atoms with van der Waals surface area (Å²) in [5, 5.41) is 15.6. The van der Waals surface area contributed by atoms with E-state index in [9.17, 15) is 19.1 Å². The summed E-state index contributed by atoms with van der Waals surface area (Å²) >= 11 is 0. The van der Waals surface area contributed by atoms with Crippen LogP contribution in [0.4, 0.5) is 15.9 Å². The Morgan fingerprint density at radius 3 is 2.57 bits per heavy atom. The van der Waals surface area contributed by atoms with Crippen LogP contribution < -0.4 is 16.4 Å². The molecule has 4 rings (SSSR count). The van der Waals surface area contributed by atoms with Gasteiger partial charge < -0.3 is 35.8 Å². The molecule has 42 heavy (non-hydrogen) atoms. The number of nitrogens with one attached hydrogen (secondary N) is 2. The van der Waals surface area contributed by atoms with Crippen molar-refractivity contribution in [3.63, 3.8) is 0 Å². The van der Waals surface area contributed by atoms with E-state index in [4.69, 9.17) is 25.2 Å². The van der Waals surface area contributed by atoms with Crippen molar-refractivity contribution in [3.05, 3.63) is 71.8 Å². The highest BCUT2D eigenvalue weighted by atomic mass is 19.1. The molecule has 1 atom stereocenters. The second-order valence-electron chi connectivity index (χ2n) is 9.88. The molecule has 1 unspecified atom stereocenters. The van der Waals surface area contributed by atoms with E-state index in [-0.39, 0.29) is 29.8 Å². The second-order valence-corrected chi connectivity index (χ2v) is 9.88. The highest BCUT2D eigenvalue weighted by Gasteiger charge is 2.27. The number of ether oxygens (including phenoxy) is 2. The molecule has 11 nitrogen and oxygen atoms in total. The number of aromatic carboxylic acids is 1. The molecule has 224 valence electrons. The normalized spacial score (nSPS) is 15.0. The molecule has 5 N–H and O–H groups in total. The van der Waals surface area contributed by atoms with Gasteiger partial charge in [-0.15, -0.1) is 0 Å². The van der Waals surface area contributed by atoms with Gasteiger partial charge in [0, 0.05) is 49.4 Å². The van der Waals surface area contributed by atoms with Crippen molar-refractivity contribution in [3.8, 4) is 11.3 Å². The number of halogens is 1. The molecule has 1 saturated heterocycles. The summed E-state index contributed by atoms with van der Waals surface area (Å²) in [5.41, 5.74) is 7.38. The van der Waals surface area contributed by atoms with Crippen LogP contribution in [0.2, 0.25) is 0 Å². The number of amides is 1. The van der Waals surface area contributed by atoms with Crippen LogP contribution in [0.15, 0.2) is 54.6 Å². The molecule has 0 saturated carbocycles. The third-order valence-corrected chi connectivity index (χ3v) is 6.74. The van der Waals surface area contributed by atoms with Crippen molar-refractivity contribution in [2.75, 3.05) is 64.5 Å². The fourth-order valence-electron chi connectivity index (χ4n) is 4.63. The molecule has 1 amide bonds. The molecular weight excluding hydrogens is 543 g/mol. The van der Waals surface area contributed by atoms with Gasteiger partial charge in [0.1, 0.15) is 17.5 Å². The van der Waals surface area contributed by atoms with Crippen molar-refractivity contribution in [1.82, 2.24) is 20.2 Å². The van der Waals surface area contributed by atoms with Gasteiger partial charge >= 0.3 is 5.97 Å². The number of carbonyl (C=O) groups excluding carboxylic acids is 1. The largest absolute Gasteiger partial charge is 0.478 e. The van der Waals surface area contributed by atoms with Crippen molar-refractivity contribution >= 4 is 23.4 Å². The highest BCUT2D eigenvalue weighted by Crippen LogP contribution is 2.29. The molecule has 12 heteroatoms. The minimum atomic E-state index is -1.01. The number of carbonyl (C=O) groups is 2. The number of hydrogen-bond acceptors (Lipinski definition) is 9.